The molecule has 4 rings (SSSR count). The van der Waals surface area contributed by atoms with Crippen molar-refractivity contribution in [3.05, 3.63) is 24.3 Å². The van der Waals surface area contributed by atoms with Gasteiger partial charge in [0.05, 0.1) is 4.70 Å². The largest absolute Gasteiger partial charge is 0.353 e. The standard InChI is InChI=1S/C18H26N4S/c19-12-14-4-3-5-15(14)13-21-8-10-22(11-9-21)18-16-6-1-2-7-17(16)23-20-18/h1-2,6-7,14-15H,3-5,8-13,19H2. The van der Waals surface area contributed by atoms with E-state index in [9.17, 15) is 0 Å². The topological polar surface area (TPSA) is 45.4 Å². The van der Waals surface area contributed by atoms with Crippen LogP contribution in [0, 0.1) is 11.8 Å². The van der Waals surface area contributed by atoms with Crippen molar-refractivity contribution in [2.45, 2.75) is 19.3 Å². The average Bonchev–Trinajstić information content (AvgIpc) is 3.22. The maximum Gasteiger partial charge on any atom is 0.150 e. The summed E-state index contributed by atoms with van der Waals surface area (Å²) in [5, 5.41) is 1.31. The van der Waals surface area contributed by atoms with Gasteiger partial charge >= 0.3 is 0 Å². The van der Waals surface area contributed by atoms with E-state index in [0.29, 0.717) is 0 Å². The molecular formula is C18H26N4S. The molecule has 2 N–H and O–H groups in total. The van der Waals surface area contributed by atoms with E-state index in [-0.39, 0.29) is 0 Å². The van der Waals surface area contributed by atoms with Crippen LogP contribution in [0.15, 0.2) is 24.3 Å². The normalized spacial score (nSPS) is 26.2. The van der Waals surface area contributed by atoms with Gasteiger partial charge in [-0.3, -0.25) is 4.90 Å². The summed E-state index contributed by atoms with van der Waals surface area (Å²) in [5.74, 6) is 2.77. The summed E-state index contributed by atoms with van der Waals surface area (Å²) >= 11 is 1.62. The third kappa shape index (κ3) is 3.10. The molecule has 1 aliphatic carbocycles. The summed E-state index contributed by atoms with van der Waals surface area (Å²) in [6.45, 7) is 6.60. The van der Waals surface area contributed by atoms with Gasteiger partial charge in [0.25, 0.3) is 0 Å². The van der Waals surface area contributed by atoms with Crippen molar-refractivity contribution in [3.8, 4) is 0 Å². The van der Waals surface area contributed by atoms with Gasteiger partial charge in [-0.05, 0) is 54.9 Å². The monoisotopic (exact) mass is 330 g/mol. The predicted octanol–water partition coefficient (Wildman–Crippen LogP) is 2.79. The number of rotatable bonds is 4. The number of fused-ring (bicyclic) bond motifs is 1. The molecule has 0 bridgehead atoms. The molecule has 2 aliphatic rings. The summed E-state index contributed by atoms with van der Waals surface area (Å²) in [7, 11) is 0. The average molecular weight is 331 g/mol. The zero-order chi connectivity index (χ0) is 15.6. The van der Waals surface area contributed by atoms with Crippen molar-refractivity contribution in [2.75, 3.05) is 44.2 Å². The van der Waals surface area contributed by atoms with E-state index in [0.717, 1.165) is 44.6 Å². The van der Waals surface area contributed by atoms with Gasteiger partial charge < -0.3 is 10.6 Å². The Kier molecular flexibility index (Phi) is 4.51. The fourth-order valence-corrected chi connectivity index (χ4v) is 5.03. The molecule has 2 unspecified atom stereocenters. The molecule has 1 saturated heterocycles. The molecule has 5 heteroatoms. The lowest BCUT2D eigenvalue weighted by atomic mass is 9.95. The van der Waals surface area contributed by atoms with Crippen LogP contribution in [0.1, 0.15) is 19.3 Å². The molecule has 124 valence electrons. The van der Waals surface area contributed by atoms with Gasteiger partial charge in [0.15, 0.2) is 0 Å². The van der Waals surface area contributed by atoms with Crippen LogP contribution in [0.25, 0.3) is 10.1 Å². The molecule has 4 nitrogen and oxygen atoms in total. The third-order valence-electron chi connectivity index (χ3n) is 5.64. The molecule has 2 aromatic rings. The summed E-state index contributed by atoms with van der Waals surface area (Å²) in [6, 6.07) is 8.58. The molecule has 2 heterocycles. The Morgan fingerprint density at radius 2 is 1.87 bits per heavy atom. The summed E-state index contributed by atoms with van der Waals surface area (Å²) in [5.41, 5.74) is 5.93. The minimum absolute atomic E-state index is 0.760. The Balaban J connectivity index is 1.37. The van der Waals surface area contributed by atoms with Gasteiger partial charge in [-0.15, -0.1) is 0 Å². The van der Waals surface area contributed by atoms with E-state index >= 15 is 0 Å². The maximum absolute atomic E-state index is 5.93. The Morgan fingerprint density at radius 1 is 1.09 bits per heavy atom. The van der Waals surface area contributed by atoms with Crippen LogP contribution in [-0.4, -0.2) is 48.5 Å². The van der Waals surface area contributed by atoms with Crippen LogP contribution in [-0.2, 0) is 0 Å². The van der Waals surface area contributed by atoms with Crippen LogP contribution in [0.5, 0.6) is 0 Å². The second-order valence-corrected chi connectivity index (χ2v) is 7.78. The molecule has 23 heavy (non-hydrogen) atoms. The number of nitrogens with zero attached hydrogens (tertiary/aromatic N) is 3. The Bertz CT molecular complexity index is 647. The van der Waals surface area contributed by atoms with Gasteiger partial charge in [0, 0.05) is 38.1 Å². The quantitative estimate of drug-likeness (QED) is 0.936. The van der Waals surface area contributed by atoms with Crippen LogP contribution >= 0.6 is 11.5 Å². The van der Waals surface area contributed by atoms with Crippen molar-refractivity contribution in [2.24, 2.45) is 17.6 Å². The van der Waals surface area contributed by atoms with Gasteiger partial charge in [-0.1, -0.05) is 18.6 Å². The van der Waals surface area contributed by atoms with E-state index in [4.69, 9.17) is 10.1 Å². The molecular weight excluding hydrogens is 304 g/mol. The highest BCUT2D eigenvalue weighted by Gasteiger charge is 2.29. The SMILES string of the molecule is NCC1CCCC1CN1CCN(c2nsc3ccccc23)CC1. The molecule has 2 fully saturated rings. The number of anilines is 1. The van der Waals surface area contributed by atoms with E-state index in [1.165, 1.54) is 41.7 Å². The van der Waals surface area contributed by atoms with Crippen molar-refractivity contribution in [1.82, 2.24) is 9.27 Å². The highest BCUT2D eigenvalue weighted by atomic mass is 32.1. The fraction of sp³-hybridized carbons (Fsp3) is 0.611. The van der Waals surface area contributed by atoms with Crippen LogP contribution < -0.4 is 10.6 Å². The van der Waals surface area contributed by atoms with E-state index < -0.39 is 0 Å². The Hall–Kier alpha value is -1.17. The number of hydrogen-bond acceptors (Lipinski definition) is 5. The first-order valence-corrected chi connectivity index (χ1v) is 9.64. The van der Waals surface area contributed by atoms with Crippen LogP contribution in [0.4, 0.5) is 5.82 Å². The minimum Gasteiger partial charge on any atom is -0.353 e. The van der Waals surface area contributed by atoms with E-state index in [2.05, 4.69) is 34.1 Å². The first kappa shape index (κ1) is 15.4. The number of piperazine rings is 1. The number of nitrogens with two attached hydrogens (primary N) is 1. The lowest BCUT2D eigenvalue weighted by Gasteiger charge is -2.37. The molecule has 1 aliphatic heterocycles. The Labute approximate surface area is 142 Å². The molecule has 0 amide bonds. The molecule has 1 aromatic heterocycles. The molecule has 0 spiro atoms. The van der Waals surface area contributed by atoms with E-state index in [1.54, 1.807) is 11.5 Å². The minimum atomic E-state index is 0.760. The zero-order valence-electron chi connectivity index (χ0n) is 13.7. The number of aromatic nitrogens is 1. The Morgan fingerprint density at radius 3 is 2.70 bits per heavy atom. The fourth-order valence-electron chi connectivity index (χ4n) is 4.24. The highest BCUT2D eigenvalue weighted by molar-refractivity contribution is 7.13. The summed E-state index contributed by atoms with van der Waals surface area (Å²) < 4.78 is 6.00. The van der Waals surface area contributed by atoms with Crippen molar-refractivity contribution >= 4 is 27.4 Å². The summed E-state index contributed by atoms with van der Waals surface area (Å²) in [4.78, 5) is 5.11. The van der Waals surface area contributed by atoms with Crippen molar-refractivity contribution in [3.63, 3.8) is 0 Å². The first-order chi connectivity index (χ1) is 11.3. The lowest BCUT2D eigenvalue weighted by Crippen LogP contribution is -2.48. The van der Waals surface area contributed by atoms with Crippen LogP contribution in [0.3, 0.4) is 0 Å². The summed E-state index contributed by atoms with van der Waals surface area (Å²) in [6.07, 6.45) is 4.09. The number of hydrogen-bond donors (Lipinski definition) is 1. The third-order valence-corrected chi connectivity index (χ3v) is 6.46. The molecule has 1 aromatic carbocycles. The van der Waals surface area contributed by atoms with Crippen molar-refractivity contribution in [1.29, 1.82) is 0 Å². The predicted molar refractivity (Wildman–Crippen MR) is 98.2 cm³/mol. The molecule has 0 radical (unpaired) electrons. The first-order valence-electron chi connectivity index (χ1n) is 8.87. The zero-order valence-corrected chi connectivity index (χ0v) is 14.5. The second-order valence-electron chi connectivity index (χ2n) is 6.98. The lowest BCUT2D eigenvalue weighted by molar-refractivity contribution is 0.197. The second kappa shape index (κ2) is 6.75. The van der Waals surface area contributed by atoms with Gasteiger partial charge in [0.2, 0.25) is 0 Å². The smallest absolute Gasteiger partial charge is 0.150 e. The van der Waals surface area contributed by atoms with Gasteiger partial charge in [-0.25, -0.2) is 0 Å². The molecule has 1 saturated carbocycles. The van der Waals surface area contributed by atoms with Crippen LogP contribution in [0.2, 0.25) is 0 Å². The van der Waals surface area contributed by atoms with E-state index in [1.807, 2.05) is 0 Å². The van der Waals surface area contributed by atoms with Crippen molar-refractivity contribution < 1.29 is 0 Å². The molecule has 2 atom stereocenters. The number of benzene rings is 1. The van der Waals surface area contributed by atoms with Gasteiger partial charge in [-0.2, -0.15) is 4.37 Å². The van der Waals surface area contributed by atoms with Gasteiger partial charge in [0.1, 0.15) is 5.82 Å². The highest BCUT2D eigenvalue weighted by Crippen LogP contribution is 2.33. The maximum atomic E-state index is 5.93.